The molecule has 102 valence electrons. The Labute approximate surface area is 110 Å². The van der Waals surface area contributed by atoms with Gasteiger partial charge in [-0.15, -0.1) is 0 Å². The maximum absolute atomic E-state index is 12.6. The monoisotopic (exact) mass is 279 g/mol. The van der Waals surface area contributed by atoms with E-state index in [9.17, 15) is 13.2 Å². The van der Waals surface area contributed by atoms with E-state index in [2.05, 4.69) is 5.32 Å². The second-order valence-electron chi connectivity index (χ2n) is 4.63. The van der Waals surface area contributed by atoms with Crippen LogP contribution in [0.25, 0.3) is 0 Å². The molecular formula is C13H17ClF3N. The van der Waals surface area contributed by atoms with Crippen molar-refractivity contribution >= 4 is 17.3 Å². The van der Waals surface area contributed by atoms with E-state index in [-0.39, 0.29) is 11.1 Å². The Balaban J connectivity index is 3.00. The average Bonchev–Trinajstić information content (AvgIpc) is 2.23. The minimum atomic E-state index is -4.37. The molecule has 1 atom stereocenters. The average molecular weight is 280 g/mol. The smallest absolute Gasteiger partial charge is 0.382 e. The van der Waals surface area contributed by atoms with Crippen LogP contribution in [-0.2, 0) is 6.18 Å². The van der Waals surface area contributed by atoms with Crippen LogP contribution in [0.4, 0.5) is 18.9 Å². The molecule has 0 saturated carbocycles. The number of rotatable bonds is 4. The van der Waals surface area contributed by atoms with Gasteiger partial charge in [0.2, 0.25) is 0 Å². The molecule has 0 heterocycles. The Morgan fingerprint density at radius 3 is 2.28 bits per heavy atom. The highest BCUT2D eigenvalue weighted by Crippen LogP contribution is 2.33. The number of hydrogen-bond acceptors (Lipinski definition) is 1. The van der Waals surface area contributed by atoms with E-state index in [1.165, 1.54) is 6.07 Å². The van der Waals surface area contributed by atoms with Crippen molar-refractivity contribution < 1.29 is 13.2 Å². The number of nitrogens with one attached hydrogen (secondary N) is 1. The predicted molar refractivity (Wildman–Crippen MR) is 69.0 cm³/mol. The van der Waals surface area contributed by atoms with Gasteiger partial charge < -0.3 is 5.32 Å². The van der Waals surface area contributed by atoms with E-state index in [0.717, 1.165) is 18.6 Å². The van der Waals surface area contributed by atoms with Crippen LogP contribution >= 0.6 is 11.6 Å². The third kappa shape index (κ3) is 4.09. The van der Waals surface area contributed by atoms with Gasteiger partial charge in [-0.1, -0.05) is 32.4 Å². The quantitative estimate of drug-likeness (QED) is 0.798. The van der Waals surface area contributed by atoms with Gasteiger partial charge in [0.15, 0.2) is 0 Å². The van der Waals surface area contributed by atoms with Crippen molar-refractivity contribution in [2.24, 2.45) is 5.92 Å². The van der Waals surface area contributed by atoms with Crippen LogP contribution in [0.3, 0.4) is 0 Å². The zero-order valence-corrected chi connectivity index (χ0v) is 11.4. The Morgan fingerprint density at radius 2 is 1.83 bits per heavy atom. The minimum absolute atomic E-state index is 0.0888. The van der Waals surface area contributed by atoms with Gasteiger partial charge in [0.1, 0.15) is 0 Å². The second kappa shape index (κ2) is 5.83. The van der Waals surface area contributed by atoms with Crippen LogP contribution in [0.15, 0.2) is 18.2 Å². The molecule has 1 rings (SSSR count). The van der Waals surface area contributed by atoms with Gasteiger partial charge in [0.05, 0.1) is 5.56 Å². The summed E-state index contributed by atoms with van der Waals surface area (Å²) in [6.45, 7) is 6.04. The third-order valence-corrected chi connectivity index (χ3v) is 3.04. The molecule has 5 heteroatoms. The fraction of sp³-hybridized carbons (Fsp3) is 0.538. The summed E-state index contributed by atoms with van der Waals surface area (Å²) in [4.78, 5) is 0. The summed E-state index contributed by atoms with van der Waals surface area (Å²) in [5.74, 6) is 0.336. The van der Waals surface area contributed by atoms with E-state index in [4.69, 9.17) is 11.6 Å². The number of benzene rings is 1. The van der Waals surface area contributed by atoms with Gasteiger partial charge in [-0.25, -0.2) is 0 Å². The molecule has 1 aromatic carbocycles. The van der Waals surface area contributed by atoms with Crippen molar-refractivity contribution in [3.05, 3.63) is 28.8 Å². The maximum atomic E-state index is 12.6. The van der Waals surface area contributed by atoms with Gasteiger partial charge in [-0.2, -0.15) is 13.2 Å². The van der Waals surface area contributed by atoms with Crippen molar-refractivity contribution in [1.29, 1.82) is 0 Å². The zero-order chi connectivity index (χ0) is 13.9. The van der Waals surface area contributed by atoms with Crippen molar-refractivity contribution in [3.63, 3.8) is 0 Å². The number of alkyl halides is 3. The van der Waals surface area contributed by atoms with Crippen molar-refractivity contribution in [1.82, 2.24) is 0 Å². The fourth-order valence-corrected chi connectivity index (χ4v) is 2.03. The van der Waals surface area contributed by atoms with E-state index in [1.807, 2.05) is 20.8 Å². The van der Waals surface area contributed by atoms with Gasteiger partial charge in [0, 0.05) is 16.8 Å². The Bertz CT molecular complexity index is 402. The molecule has 0 aliphatic rings. The molecule has 1 N–H and O–H groups in total. The summed E-state index contributed by atoms with van der Waals surface area (Å²) in [6, 6.07) is 3.67. The molecular weight excluding hydrogens is 263 g/mol. The fourth-order valence-electron chi connectivity index (χ4n) is 1.79. The first-order valence-corrected chi connectivity index (χ1v) is 6.26. The first-order valence-electron chi connectivity index (χ1n) is 5.88. The predicted octanol–water partition coefficient (Wildman–Crippen LogP) is 5.21. The van der Waals surface area contributed by atoms with Gasteiger partial charge in [-0.05, 0) is 30.5 Å². The lowest BCUT2D eigenvalue weighted by atomic mass is 10.0. The molecule has 0 aliphatic carbocycles. The number of halogens is 4. The summed E-state index contributed by atoms with van der Waals surface area (Å²) < 4.78 is 37.9. The van der Waals surface area contributed by atoms with Crippen molar-refractivity contribution in [3.8, 4) is 0 Å². The summed E-state index contributed by atoms with van der Waals surface area (Å²) in [7, 11) is 0. The summed E-state index contributed by atoms with van der Waals surface area (Å²) in [5, 5.41) is 3.19. The molecule has 0 amide bonds. The van der Waals surface area contributed by atoms with Crippen LogP contribution in [0, 0.1) is 5.92 Å². The molecule has 0 bridgehead atoms. The van der Waals surface area contributed by atoms with Crippen molar-refractivity contribution in [2.45, 2.75) is 39.4 Å². The Kier molecular flexibility index (Phi) is 4.91. The molecule has 0 aromatic heterocycles. The summed E-state index contributed by atoms with van der Waals surface area (Å²) in [5.41, 5.74) is -0.313. The number of hydrogen-bond donors (Lipinski definition) is 1. The zero-order valence-electron chi connectivity index (χ0n) is 10.6. The molecule has 0 spiro atoms. The highest BCUT2D eigenvalue weighted by atomic mass is 35.5. The molecule has 0 aliphatic heterocycles. The lowest BCUT2D eigenvalue weighted by molar-refractivity contribution is -0.137. The summed E-state index contributed by atoms with van der Waals surface area (Å²) >= 11 is 5.72. The van der Waals surface area contributed by atoms with Gasteiger partial charge >= 0.3 is 6.18 Å². The standard InChI is InChI=1S/C13H17ClF3N/c1-4-12(8(2)3)18-11-6-9(13(15,16)17)5-10(14)7-11/h5-8,12,18H,4H2,1-3H3. The van der Waals surface area contributed by atoms with E-state index in [1.54, 1.807) is 0 Å². The van der Waals surface area contributed by atoms with Crippen LogP contribution in [0.2, 0.25) is 5.02 Å². The minimum Gasteiger partial charge on any atom is -0.382 e. The third-order valence-electron chi connectivity index (χ3n) is 2.82. The molecule has 1 nitrogen and oxygen atoms in total. The lowest BCUT2D eigenvalue weighted by Crippen LogP contribution is -2.24. The van der Waals surface area contributed by atoms with E-state index in [0.29, 0.717) is 11.6 Å². The Morgan fingerprint density at radius 1 is 1.22 bits per heavy atom. The maximum Gasteiger partial charge on any atom is 0.416 e. The largest absolute Gasteiger partial charge is 0.416 e. The van der Waals surface area contributed by atoms with Gasteiger partial charge in [0.25, 0.3) is 0 Å². The van der Waals surface area contributed by atoms with Crippen LogP contribution in [-0.4, -0.2) is 6.04 Å². The molecule has 0 saturated heterocycles. The normalized spacial score (nSPS) is 13.8. The Hall–Kier alpha value is -0.900. The van der Waals surface area contributed by atoms with Crippen LogP contribution in [0.1, 0.15) is 32.8 Å². The van der Waals surface area contributed by atoms with Crippen LogP contribution < -0.4 is 5.32 Å². The SMILES string of the molecule is CCC(Nc1cc(Cl)cc(C(F)(F)F)c1)C(C)C. The van der Waals surface area contributed by atoms with E-state index >= 15 is 0 Å². The van der Waals surface area contributed by atoms with Crippen LogP contribution in [0.5, 0.6) is 0 Å². The van der Waals surface area contributed by atoms with Gasteiger partial charge in [-0.3, -0.25) is 0 Å². The first-order chi connectivity index (χ1) is 8.24. The topological polar surface area (TPSA) is 12.0 Å². The molecule has 18 heavy (non-hydrogen) atoms. The second-order valence-corrected chi connectivity index (χ2v) is 5.07. The first kappa shape index (κ1) is 15.2. The molecule has 1 unspecified atom stereocenters. The summed E-state index contributed by atoms with van der Waals surface area (Å²) in [6.07, 6.45) is -3.54. The van der Waals surface area contributed by atoms with Crippen molar-refractivity contribution in [2.75, 3.05) is 5.32 Å². The molecule has 0 radical (unpaired) electrons. The molecule has 0 fully saturated rings. The van der Waals surface area contributed by atoms with E-state index < -0.39 is 11.7 Å². The highest BCUT2D eigenvalue weighted by molar-refractivity contribution is 6.30. The highest BCUT2D eigenvalue weighted by Gasteiger charge is 2.31. The number of anilines is 1. The lowest BCUT2D eigenvalue weighted by Gasteiger charge is -2.22. The molecule has 1 aromatic rings.